The fourth-order valence-electron chi connectivity index (χ4n) is 2.58. The van der Waals surface area contributed by atoms with Crippen LogP contribution in [0.1, 0.15) is 5.56 Å². The minimum absolute atomic E-state index is 0.0351. The molecule has 4 aromatic rings. The van der Waals surface area contributed by atoms with E-state index in [0.717, 1.165) is 10.6 Å². The van der Waals surface area contributed by atoms with Crippen molar-refractivity contribution in [3.63, 3.8) is 0 Å². The third-order valence-electron chi connectivity index (χ3n) is 4.13. The first-order valence-corrected chi connectivity index (χ1v) is 9.83. The van der Waals surface area contributed by atoms with E-state index in [2.05, 4.69) is 25.4 Å². The minimum Gasteiger partial charge on any atom is -0.505 e. The van der Waals surface area contributed by atoms with E-state index in [9.17, 15) is 15.2 Å². The van der Waals surface area contributed by atoms with Gasteiger partial charge in [0.05, 0.1) is 10.6 Å². The Kier molecular flexibility index (Phi) is 5.81. The number of aromatic hydroxyl groups is 1. The van der Waals surface area contributed by atoms with Crippen molar-refractivity contribution in [1.82, 2.24) is 10.2 Å². The molecule has 0 unspecified atom stereocenters. The van der Waals surface area contributed by atoms with E-state index < -0.39 is 4.92 Å². The lowest BCUT2D eigenvalue weighted by atomic mass is 10.2. The molecule has 0 spiro atoms. The van der Waals surface area contributed by atoms with Gasteiger partial charge < -0.3 is 5.11 Å². The van der Waals surface area contributed by atoms with Gasteiger partial charge in [-0.25, -0.2) is 4.99 Å². The number of nitro benzene ring substituents is 1. The zero-order valence-corrected chi connectivity index (χ0v) is 16.7. The van der Waals surface area contributed by atoms with E-state index in [1.165, 1.54) is 41.8 Å². The van der Waals surface area contributed by atoms with Crippen LogP contribution in [0.3, 0.4) is 0 Å². The molecule has 0 saturated heterocycles. The molecule has 0 aliphatic rings. The van der Waals surface area contributed by atoms with Crippen molar-refractivity contribution in [1.29, 1.82) is 0 Å². The molecular formula is C21H14N6O3S. The first-order valence-electron chi connectivity index (χ1n) is 9.01. The van der Waals surface area contributed by atoms with E-state index in [0.29, 0.717) is 16.4 Å². The van der Waals surface area contributed by atoms with Crippen LogP contribution in [0.4, 0.5) is 22.2 Å². The number of aliphatic imine (C=N–C) groups is 1. The molecule has 9 nitrogen and oxygen atoms in total. The molecule has 0 amide bonds. The van der Waals surface area contributed by atoms with Gasteiger partial charge >= 0.3 is 0 Å². The highest BCUT2D eigenvalue weighted by Crippen LogP contribution is 2.32. The molecule has 152 valence electrons. The summed E-state index contributed by atoms with van der Waals surface area (Å²) in [5.41, 5.74) is 2.03. The van der Waals surface area contributed by atoms with Gasteiger partial charge in [-0.15, -0.1) is 15.3 Å². The number of hydrogen-bond donors (Lipinski definition) is 1. The number of phenolic OH excluding ortho intramolecular Hbond substituents is 1. The molecule has 1 aromatic heterocycles. The number of azo groups is 1. The Morgan fingerprint density at radius 1 is 0.935 bits per heavy atom. The predicted molar refractivity (Wildman–Crippen MR) is 118 cm³/mol. The van der Waals surface area contributed by atoms with Crippen LogP contribution in [0.5, 0.6) is 5.75 Å². The van der Waals surface area contributed by atoms with Gasteiger partial charge in [0.1, 0.15) is 10.7 Å². The van der Waals surface area contributed by atoms with Crippen LogP contribution in [0.25, 0.3) is 10.6 Å². The highest BCUT2D eigenvalue weighted by Gasteiger charge is 2.08. The van der Waals surface area contributed by atoms with Gasteiger partial charge in [-0.1, -0.05) is 47.7 Å². The number of aromatic nitrogens is 2. The van der Waals surface area contributed by atoms with E-state index in [4.69, 9.17) is 0 Å². The van der Waals surface area contributed by atoms with Crippen LogP contribution in [0.15, 0.2) is 88.0 Å². The summed E-state index contributed by atoms with van der Waals surface area (Å²) < 4.78 is 0. The summed E-state index contributed by atoms with van der Waals surface area (Å²) in [6, 6.07) is 20.3. The maximum atomic E-state index is 10.7. The summed E-state index contributed by atoms with van der Waals surface area (Å²) in [5, 5.41) is 38.6. The second-order valence-electron chi connectivity index (χ2n) is 6.20. The summed E-state index contributed by atoms with van der Waals surface area (Å²) in [4.78, 5) is 14.5. The lowest BCUT2D eigenvalue weighted by molar-refractivity contribution is -0.384. The van der Waals surface area contributed by atoms with Crippen molar-refractivity contribution in [3.8, 4) is 16.3 Å². The van der Waals surface area contributed by atoms with Crippen LogP contribution >= 0.6 is 11.3 Å². The Bertz CT molecular complexity index is 1270. The summed E-state index contributed by atoms with van der Waals surface area (Å²) in [6.45, 7) is 0. The lowest BCUT2D eigenvalue weighted by Gasteiger charge is -2.01. The average molecular weight is 430 g/mol. The molecule has 0 aliphatic carbocycles. The predicted octanol–water partition coefficient (Wildman–Crippen LogP) is 5.98. The summed E-state index contributed by atoms with van der Waals surface area (Å²) in [6.07, 6.45) is 1.48. The monoisotopic (exact) mass is 430 g/mol. The highest BCUT2D eigenvalue weighted by molar-refractivity contribution is 7.18. The topological polar surface area (TPSA) is 126 Å². The average Bonchev–Trinajstić information content (AvgIpc) is 3.27. The molecule has 0 saturated carbocycles. The molecule has 0 fully saturated rings. The van der Waals surface area contributed by atoms with Gasteiger partial charge in [0.15, 0.2) is 5.75 Å². The molecule has 1 heterocycles. The first-order chi connectivity index (χ1) is 15.1. The van der Waals surface area contributed by atoms with Crippen molar-refractivity contribution in [3.05, 3.63) is 88.5 Å². The van der Waals surface area contributed by atoms with Crippen LogP contribution in [-0.2, 0) is 0 Å². The van der Waals surface area contributed by atoms with Gasteiger partial charge in [0, 0.05) is 29.5 Å². The van der Waals surface area contributed by atoms with Crippen LogP contribution in [-0.4, -0.2) is 26.4 Å². The molecule has 1 N–H and O–H groups in total. The Morgan fingerprint density at radius 3 is 2.45 bits per heavy atom. The molecule has 10 heteroatoms. The molecule has 0 radical (unpaired) electrons. The van der Waals surface area contributed by atoms with Crippen molar-refractivity contribution in [2.75, 3.05) is 0 Å². The van der Waals surface area contributed by atoms with E-state index in [-0.39, 0.29) is 17.1 Å². The van der Waals surface area contributed by atoms with Crippen molar-refractivity contribution >= 4 is 39.7 Å². The second-order valence-corrected chi connectivity index (χ2v) is 7.16. The van der Waals surface area contributed by atoms with Crippen molar-refractivity contribution in [2.45, 2.75) is 0 Å². The normalized spacial score (nSPS) is 11.4. The fraction of sp³-hybridized carbons (Fsp3) is 0. The summed E-state index contributed by atoms with van der Waals surface area (Å²) >= 11 is 1.33. The Morgan fingerprint density at radius 2 is 1.71 bits per heavy atom. The zero-order chi connectivity index (χ0) is 21.6. The number of para-hydroxylation sites is 1. The first kappa shape index (κ1) is 20.0. The number of phenols is 1. The SMILES string of the molecule is O=[N+]([O-])c1ccc(N=Nc2cccc(/C=N/c3nnc(-c4ccccc4)s3)c2O)cc1. The molecule has 3 aromatic carbocycles. The Balaban J connectivity index is 1.51. The molecule has 31 heavy (non-hydrogen) atoms. The van der Waals surface area contributed by atoms with Crippen molar-refractivity contribution < 1.29 is 10.0 Å². The molecular weight excluding hydrogens is 416 g/mol. The van der Waals surface area contributed by atoms with E-state index in [1.54, 1.807) is 18.2 Å². The summed E-state index contributed by atoms with van der Waals surface area (Å²) in [5.74, 6) is -0.0929. The van der Waals surface area contributed by atoms with Gasteiger partial charge in [0.25, 0.3) is 5.69 Å². The van der Waals surface area contributed by atoms with Crippen molar-refractivity contribution in [2.24, 2.45) is 15.2 Å². The van der Waals surface area contributed by atoms with Gasteiger partial charge in [-0.2, -0.15) is 5.11 Å². The van der Waals surface area contributed by atoms with Gasteiger partial charge in [0.2, 0.25) is 5.13 Å². The van der Waals surface area contributed by atoms with Crippen LogP contribution in [0, 0.1) is 10.1 Å². The van der Waals surface area contributed by atoms with Gasteiger partial charge in [-0.05, 0) is 24.3 Å². The molecule has 4 rings (SSSR count). The maximum Gasteiger partial charge on any atom is 0.269 e. The number of nitrogens with zero attached hydrogens (tertiary/aromatic N) is 6. The maximum absolute atomic E-state index is 10.7. The lowest BCUT2D eigenvalue weighted by Crippen LogP contribution is -1.85. The molecule has 0 atom stereocenters. The quantitative estimate of drug-likeness (QED) is 0.174. The molecule has 0 aliphatic heterocycles. The number of non-ortho nitro benzene ring substituents is 1. The number of benzene rings is 3. The smallest absolute Gasteiger partial charge is 0.269 e. The second kappa shape index (κ2) is 9.01. The standard InChI is InChI=1S/C21H14N6O3S/c28-19-15(13-22-21-26-25-20(31-21)14-5-2-1-3-6-14)7-4-8-18(19)24-23-16-9-11-17(12-10-16)27(29)30/h1-13,28H/b22-13+,24-23?. The van der Waals surface area contributed by atoms with Crippen LogP contribution < -0.4 is 0 Å². The number of nitro groups is 1. The largest absolute Gasteiger partial charge is 0.505 e. The highest BCUT2D eigenvalue weighted by atomic mass is 32.1. The Hall–Kier alpha value is -4.31. The number of rotatable bonds is 6. The third-order valence-corrected chi connectivity index (χ3v) is 5.01. The van der Waals surface area contributed by atoms with E-state index >= 15 is 0 Å². The van der Waals surface area contributed by atoms with Gasteiger partial charge in [-0.3, -0.25) is 10.1 Å². The third kappa shape index (κ3) is 4.82. The zero-order valence-electron chi connectivity index (χ0n) is 15.9. The van der Waals surface area contributed by atoms with Crippen LogP contribution in [0.2, 0.25) is 0 Å². The Labute approximate surface area is 180 Å². The molecule has 0 bridgehead atoms. The minimum atomic E-state index is -0.490. The number of hydrogen-bond acceptors (Lipinski definition) is 9. The van der Waals surface area contributed by atoms with E-state index in [1.807, 2.05) is 30.3 Å². The summed E-state index contributed by atoms with van der Waals surface area (Å²) in [7, 11) is 0. The fourth-order valence-corrected chi connectivity index (χ4v) is 3.27.